The minimum atomic E-state index is -0.561. The van der Waals surface area contributed by atoms with Crippen LogP contribution >= 0.6 is 11.8 Å². The maximum absolute atomic E-state index is 11.2. The van der Waals surface area contributed by atoms with Crippen LogP contribution in [0.2, 0.25) is 0 Å². The second kappa shape index (κ2) is 6.39. The molecule has 1 unspecified atom stereocenters. The minimum absolute atomic E-state index is 0.151. The molecule has 1 aliphatic rings. The number of hydrogen-bond acceptors (Lipinski definition) is 4. The Hall–Kier alpha value is -1.37. The summed E-state index contributed by atoms with van der Waals surface area (Å²) in [5.41, 5.74) is 5.88. The highest BCUT2D eigenvalue weighted by Gasteiger charge is 2.19. The summed E-state index contributed by atoms with van der Waals surface area (Å²) >= 11 is 1.71. The second-order valence-corrected chi connectivity index (χ2v) is 5.11. The van der Waals surface area contributed by atoms with Crippen molar-refractivity contribution in [1.29, 1.82) is 0 Å². The van der Waals surface area contributed by atoms with Crippen LogP contribution in [0, 0.1) is 5.92 Å². The van der Waals surface area contributed by atoms with Crippen molar-refractivity contribution >= 4 is 23.7 Å². The van der Waals surface area contributed by atoms with Crippen LogP contribution in [-0.2, 0) is 4.79 Å². The lowest BCUT2D eigenvalue weighted by atomic mass is 10.2. The fourth-order valence-electron chi connectivity index (χ4n) is 1.23. The van der Waals surface area contributed by atoms with Gasteiger partial charge in [0.1, 0.15) is 0 Å². The molecule has 7 heteroatoms. The molecular weight excluding hydrogens is 240 g/mol. The maximum Gasteiger partial charge on any atom is 0.315 e. The number of hydrogen-bond donors (Lipinski definition) is 4. The normalized spacial score (nSPS) is 18.5. The van der Waals surface area contributed by atoms with E-state index in [2.05, 4.69) is 29.8 Å². The van der Waals surface area contributed by atoms with Gasteiger partial charge in [0.05, 0.1) is 18.5 Å². The molecule has 1 aliphatic heterocycles. The van der Waals surface area contributed by atoms with Crippen molar-refractivity contribution in [1.82, 2.24) is 16.0 Å². The van der Waals surface area contributed by atoms with E-state index in [4.69, 9.17) is 5.73 Å². The van der Waals surface area contributed by atoms with Gasteiger partial charge in [-0.2, -0.15) is 0 Å². The van der Waals surface area contributed by atoms with Gasteiger partial charge in [-0.25, -0.2) is 4.79 Å². The summed E-state index contributed by atoms with van der Waals surface area (Å²) in [5, 5.41) is 10.7. The standard InChI is InChI=1S/C10H18N4O2S/c1-6(2)9-14-7(5-17-9)3-12-10(16)13-4-8(11)15/h5-6,9,14H,3-4H2,1-2H3,(H2,11,15)(H2,12,13,16). The van der Waals surface area contributed by atoms with Crippen molar-refractivity contribution in [3.8, 4) is 0 Å². The van der Waals surface area contributed by atoms with Crippen molar-refractivity contribution in [3.05, 3.63) is 11.1 Å². The van der Waals surface area contributed by atoms with Crippen LogP contribution in [0.1, 0.15) is 13.8 Å². The van der Waals surface area contributed by atoms with E-state index in [9.17, 15) is 9.59 Å². The fourth-order valence-corrected chi connectivity index (χ4v) is 2.22. The zero-order valence-corrected chi connectivity index (χ0v) is 10.8. The molecule has 5 N–H and O–H groups in total. The zero-order chi connectivity index (χ0) is 12.8. The average molecular weight is 258 g/mol. The van der Waals surface area contributed by atoms with E-state index in [1.807, 2.05) is 5.41 Å². The Kier molecular flexibility index (Phi) is 5.14. The van der Waals surface area contributed by atoms with Crippen LogP contribution < -0.4 is 21.7 Å². The molecule has 1 rings (SSSR count). The molecule has 0 bridgehead atoms. The van der Waals surface area contributed by atoms with E-state index in [0.717, 1.165) is 5.70 Å². The van der Waals surface area contributed by atoms with Gasteiger partial charge in [-0.1, -0.05) is 13.8 Å². The van der Waals surface area contributed by atoms with E-state index in [0.29, 0.717) is 17.8 Å². The lowest BCUT2D eigenvalue weighted by molar-refractivity contribution is -0.117. The van der Waals surface area contributed by atoms with Gasteiger partial charge in [0.15, 0.2) is 0 Å². The van der Waals surface area contributed by atoms with Crippen molar-refractivity contribution in [2.45, 2.75) is 19.2 Å². The first kappa shape index (κ1) is 13.7. The Bertz CT molecular complexity index is 330. The number of carbonyl (C=O) groups is 2. The van der Waals surface area contributed by atoms with Gasteiger partial charge in [0.25, 0.3) is 0 Å². The minimum Gasteiger partial charge on any atom is -0.374 e. The average Bonchev–Trinajstić information content (AvgIpc) is 2.72. The molecule has 0 saturated carbocycles. The van der Waals surface area contributed by atoms with E-state index in [-0.39, 0.29) is 6.54 Å². The number of primary amides is 1. The highest BCUT2D eigenvalue weighted by atomic mass is 32.2. The summed E-state index contributed by atoms with van der Waals surface area (Å²) in [6, 6.07) is -0.399. The van der Waals surface area contributed by atoms with Gasteiger partial charge in [-0.3, -0.25) is 4.79 Å². The SMILES string of the molecule is CC(C)C1NC(CNC(=O)NCC(N)=O)=CS1. The van der Waals surface area contributed by atoms with Crippen LogP contribution in [0.25, 0.3) is 0 Å². The largest absolute Gasteiger partial charge is 0.374 e. The Morgan fingerprint density at radius 2 is 2.24 bits per heavy atom. The third-order valence-corrected chi connectivity index (χ3v) is 3.53. The fraction of sp³-hybridized carbons (Fsp3) is 0.600. The third-order valence-electron chi connectivity index (χ3n) is 2.15. The lowest BCUT2D eigenvalue weighted by Crippen LogP contribution is -2.42. The van der Waals surface area contributed by atoms with Crippen LogP contribution in [0.5, 0.6) is 0 Å². The van der Waals surface area contributed by atoms with Crippen molar-refractivity contribution in [2.75, 3.05) is 13.1 Å². The number of rotatable bonds is 5. The lowest BCUT2D eigenvalue weighted by Gasteiger charge is -2.16. The highest BCUT2D eigenvalue weighted by molar-refractivity contribution is 8.02. The molecule has 3 amide bonds. The molecule has 17 heavy (non-hydrogen) atoms. The Labute approximate surface area is 105 Å². The zero-order valence-electron chi connectivity index (χ0n) is 9.95. The van der Waals surface area contributed by atoms with Crippen molar-refractivity contribution < 1.29 is 9.59 Å². The quantitative estimate of drug-likeness (QED) is 0.555. The number of nitrogens with two attached hydrogens (primary N) is 1. The monoisotopic (exact) mass is 258 g/mol. The van der Waals surface area contributed by atoms with Gasteiger partial charge in [0, 0.05) is 5.70 Å². The van der Waals surface area contributed by atoms with Crippen LogP contribution in [0.3, 0.4) is 0 Å². The molecule has 1 atom stereocenters. The molecule has 0 radical (unpaired) electrons. The van der Waals surface area contributed by atoms with Gasteiger partial charge in [-0.15, -0.1) is 11.8 Å². The molecule has 1 heterocycles. The first-order valence-corrected chi connectivity index (χ1v) is 6.34. The van der Waals surface area contributed by atoms with Crippen LogP contribution in [0.15, 0.2) is 11.1 Å². The van der Waals surface area contributed by atoms with Crippen molar-refractivity contribution in [3.63, 3.8) is 0 Å². The molecule has 0 aliphatic carbocycles. The number of carbonyl (C=O) groups excluding carboxylic acids is 2. The number of nitrogens with one attached hydrogen (secondary N) is 3. The first-order chi connectivity index (χ1) is 7.99. The topological polar surface area (TPSA) is 96.2 Å². The van der Waals surface area contributed by atoms with Gasteiger partial charge >= 0.3 is 6.03 Å². The van der Waals surface area contributed by atoms with Crippen LogP contribution in [-0.4, -0.2) is 30.4 Å². The summed E-state index contributed by atoms with van der Waals surface area (Å²) in [4.78, 5) is 21.7. The molecule has 0 spiro atoms. The van der Waals surface area contributed by atoms with E-state index < -0.39 is 11.9 Å². The molecule has 0 aromatic carbocycles. The molecule has 0 saturated heterocycles. The third kappa shape index (κ3) is 4.99. The molecule has 0 aromatic rings. The summed E-state index contributed by atoms with van der Waals surface area (Å²) in [7, 11) is 0. The highest BCUT2D eigenvalue weighted by Crippen LogP contribution is 2.25. The summed E-state index contributed by atoms with van der Waals surface area (Å²) in [5.74, 6) is -0.0359. The predicted molar refractivity (Wildman–Crippen MR) is 68.0 cm³/mol. The van der Waals surface area contributed by atoms with Gasteiger partial charge in [0.2, 0.25) is 5.91 Å². The van der Waals surface area contributed by atoms with Gasteiger partial charge < -0.3 is 21.7 Å². The second-order valence-electron chi connectivity index (χ2n) is 4.09. The first-order valence-electron chi connectivity index (χ1n) is 5.40. The summed E-state index contributed by atoms with van der Waals surface area (Å²) < 4.78 is 0. The number of thioether (sulfide) groups is 1. The van der Waals surface area contributed by atoms with Crippen molar-refractivity contribution in [2.24, 2.45) is 11.7 Å². The number of urea groups is 1. The van der Waals surface area contributed by atoms with Crippen LogP contribution in [0.4, 0.5) is 4.79 Å². The molecule has 0 fully saturated rings. The molecule has 96 valence electrons. The molecule has 0 aromatic heterocycles. The Morgan fingerprint density at radius 1 is 1.53 bits per heavy atom. The Morgan fingerprint density at radius 3 is 2.76 bits per heavy atom. The predicted octanol–water partition coefficient (Wildman–Crippen LogP) is -0.0692. The van der Waals surface area contributed by atoms with E-state index >= 15 is 0 Å². The Balaban J connectivity index is 2.19. The van der Waals surface area contributed by atoms with E-state index in [1.165, 1.54) is 0 Å². The summed E-state index contributed by atoms with van der Waals surface area (Å²) in [6.07, 6.45) is 0. The molecule has 6 nitrogen and oxygen atoms in total. The molecular formula is C10H18N4O2S. The maximum atomic E-state index is 11.2. The smallest absolute Gasteiger partial charge is 0.315 e. The summed E-state index contributed by atoms with van der Waals surface area (Å²) in [6.45, 7) is 4.53. The van der Waals surface area contributed by atoms with E-state index in [1.54, 1.807) is 11.8 Å². The number of amides is 3. The van der Waals surface area contributed by atoms with Gasteiger partial charge in [-0.05, 0) is 11.3 Å².